The van der Waals surface area contributed by atoms with E-state index >= 15 is 0 Å². The Bertz CT molecular complexity index is 226. The minimum atomic E-state index is -4.50. The van der Waals surface area contributed by atoms with E-state index in [0.717, 1.165) is 0 Å². The number of likely N-dealkylation sites (tertiary alicyclic amines) is 1. The highest BCUT2D eigenvalue weighted by Crippen LogP contribution is 2.29. The summed E-state index contributed by atoms with van der Waals surface area (Å²) < 4.78 is 36.6. The average molecular weight is 195 g/mol. The summed E-state index contributed by atoms with van der Waals surface area (Å²) in [5.74, 6) is -0.444. The number of amides is 1. The van der Waals surface area contributed by atoms with Crippen LogP contribution in [0.1, 0.15) is 12.8 Å². The molecule has 1 unspecified atom stereocenters. The highest BCUT2D eigenvalue weighted by Gasteiger charge is 2.46. The van der Waals surface area contributed by atoms with Gasteiger partial charge in [0.25, 0.3) is 0 Å². The van der Waals surface area contributed by atoms with Gasteiger partial charge in [0, 0.05) is 19.4 Å². The smallest absolute Gasteiger partial charge is 0.332 e. The maximum atomic E-state index is 12.2. The molecule has 1 saturated heterocycles. The van der Waals surface area contributed by atoms with Crippen LogP contribution in [0.5, 0.6) is 0 Å². The lowest BCUT2D eigenvalue weighted by molar-refractivity contribution is -0.191. The Kier molecular flexibility index (Phi) is 2.58. The molecule has 0 N–H and O–H groups in total. The number of piperidine rings is 1. The number of Topliss-reactive ketones (excluding diaryl/α,β-unsaturated/α-hetero) is 1. The zero-order valence-electron chi connectivity index (χ0n) is 6.67. The number of ketones is 1. The van der Waals surface area contributed by atoms with Gasteiger partial charge in [-0.1, -0.05) is 0 Å². The van der Waals surface area contributed by atoms with E-state index in [2.05, 4.69) is 0 Å². The van der Waals surface area contributed by atoms with Gasteiger partial charge in [0.05, 0.1) is 0 Å². The fourth-order valence-electron chi connectivity index (χ4n) is 1.27. The van der Waals surface area contributed by atoms with E-state index in [1.165, 1.54) is 0 Å². The van der Waals surface area contributed by atoms with Crippen LogP contribution in [0.2, 0.25) is 0 Å². The molecule has 1 heterocycles. The first-order valence-corrected chi connectivity index (χ1v) is 3.74. The van der Waals surface area contributed by atoms with Crippen LogP contribution >= 0.6 is 0 Å². The molecular weight excluding hydrogens is 187 g/mol. The minimum absolute atomic E-state index is 0.0192. The van der Waals surface area contributed by atoms with Crippen molar-refractivity contribution in [3.8, 4) is 0 Å². The lowest BCUT2D eigenvalue weighted by atomic mass is 10.0. The summed E-state index contributed by atoms with van der Waals surface area (Å²) in [5, 5.41) is 0. The van der Waals surface area contributed by atoms with E-state index in [9.17, 15) is 22.8 Å². The predicted octanol–water partition coefficient (Wildman–Crippen LogP) is 0.739. The number of halogens is 3. The van der Waals surface area contributed by atoms with E-state index in [-0.39, 0.29) is 19.4 Å². The van der Waals surface area contributed by atoms with E-state index in [1.807, 2.05) is 0 Å². The Morgan fingerprint density at radius 1 is 1.46 bits per heavy atom. The average Bonchev–Trinajstić information content (AvgIpc) is 2.03. The number of nitrogens with zero attached hydrogens (tertiary/aromatic N) is 1. The maximum absolute atomic E-state index is 12.2. The second-order valence-electron chi connectivity index (χ2n) is 2.89. The summed E-state index contributed by atoms with van der Waals surface area (Å²) in [4.78, 5) is 21.6. The van der Waals surface area contributed by atoms with Crippen LogP contribution in [0.15, 0.2) is 0 Å². The van der Waals surface area contributed by atoms with Crippen molar-refractivity contribution in [2.45, 2.75) is 25.1 Å². The van der Waals surface area contributed by atoms with E-state index in [0.29, 0.717) is 4.90 Å². The van der Waals surface area contributed by atoms with E-state index in [4.69, 9.17) is 0 Å². The molecule has 1 amide bonds. The molecule has 6 heteroatoms. The summed E-state index contributed by atoms with van der Waals surface area (Å²) in [6.45, 7) is -0.132. The molecule has 1 rings (SSSR count). The molecular formula is C7H8F3NO2. The number of hydrogen-bond acceptors (Lipinski definition) is 2. The Morgan fingerprint density at radius 3 is 2.54 bits per heavy atom. The van der Waals surface area contributed by atoms with Crippen LogP contribution < -0.4 is 0 Å². The third-order valence-corrected chi connectivity index (χ3v) is 1.98. The van der Waals surface area contributed by atoms with Crippen molar-refractivity contribution in [3.63, 3.8) is 0 Å². The van der Waals surface area contributed by atoms with Crippen LogP contribution in [-0.4, -0.2) is 35.9 Å². The van der Waals surface area contributed by atoms with Gasteiger partial charge in [-0.05, 0) is 0 Å². The Hall–Kier alpha value is -1.07. The zero-order chi connectivity index (χ0) is 10.1. The highest BCUT2D eigenvalue weighted by molar-refractivity contribution is 5.81. The molecule has 1 aliphatic heterocycles. The van der Waals surface area contributed by atoms with Gasteiger partial charge in [-0.3, -0.25) is 9.59 Å². The summed E-state index contributed by atoms with van der Waals surface area (Å²) >= 11 is 0. The topological polar surface area (TPSA) is 37.4 Å². The molecule has 1 aliphatic rings. The van der Waals surface area contributed by atoms with Gasteiger partial charge in [0.2, 0.25) is 6.41 Å². The van der Waals surface area contributed by atoms with Crippen molar-refractivity contribution in [3.05, 3.63) is 0 Å². The third-order valence-electron chi connectivity index (χ3n) is 1.98. The number of carbonyl (C=O) groups excluding carboxylic acids is 2. The predicted molar refractivity (Wildman–Crippen MR) is 36.9 cm³/mol. The fraction of sp³-hybridized carbons (Fsp3) is 0.714. The number of rotatable bonds is 1. The van der Waals surface area contributed by atoms with Gasteiger partial charge < -0.3 is 4.90 Å². The van der Waals surface area contributed by atoms with E-state index in [1.54, 1.807) is 0 Å². The molecule has 0 spiro atoms. The maximum Gasteiger partial charge on any atom is 0.409 e. The molecule has 0 aliphatic carbocycles. The lowest BCUT2D eigenvalue weighted by Gasteiger charge is -2.32. The van der Waals surface area contributed by atoms with Gasteiger partial charge in [-0.25, -0.2) is 0 Å². The third kappa shape index (κ3) is 2.19. The van der Waals surface area contributed by atoms with Crippen molar-refractivity contribution in [2.75, 3.05) is 6.54 Å². The van der Waals surface area contributed by atoms with Crippen LogP contribution in [0.25, 0.3) is 0 Å². The Labute approximate surface area is 72.5 Å². The first kappa shape index (κ1) is 10.0. The van der Waals surface area contributed by atoms with Gasteiger partial charge in [0.1, 0.15) is 11.8 Å². The van der Waals surface area contributed by atoms with Gasteiger partial charge >= 0.3 is 6.18 Å². The molecule has 0 aromatic carbocycles. The van der Waals surface area contributed by atoms with Crippen molar-refractivity contribution in [1.82, 2.24) is 4.90 Å². The zero-order valence-corrected chi connectivity index (χ0v) is 6.67. The molecule has 0 aromatic heterocycles. The quantitative estimate of drug-likeness (QED) is 0.578. The standard InChI is InChI=1S/C7H8F3NO2/c8-7(9,10)6-3-5(13)1-2-11(6)4-12/h4,6H,1-3H2. The molecule has 3 nitrogen and oxygen atoms in total. The number of alkyl halides is 3. The first-order chi connectivity index (χ1) is 5.95. The molecule has 74 valence electrons. The minimum Gasteiger partial charge on any atom is -0.332 e. The van der Waals surface area contributed by atoms with Gasteiger partial charge in [-0.2, -0.15) is 13.2 Å². The summed E-state index contributed by atoms with van der Waals surface area (Å²) in [6, 6.07) is -1.92. The molecule has 0 saturated carbocycles. The SMILES string of the molecule is O=CN1CCC(=O)CC1C(F)(F)F. The van der Waals surface area contributed by atoms with Crippen LogP contribution in [0.4, 0.5) is 13.2 Å². The van der Waals surface area contributed by atoms with Crippen molar-refractivity contribution in [2.24, 2.45) is 0 Å². The van der Waals surface area contributed by atoms with Crippen molar-refractivity contribution < 1.29 is 22.8 Å². The first-order valence-electron chi connectivity index (χ1n) is 3.74. The normalized spacial score (nSPS) is 24.7. The second kappa shape index (κ2) is 3.35. The Morgan fingerprint density at radius 2 is 2.08 bits per heavy atom. The molecule has 1 fully saturated rings. The second-order valence-corrected chi connectivity index (χ2v) is 2.89. The molecule has 0 bridgehead atoms. The monoisotopic (exact) mass is 195 g/mol. The van der Waals surface area contributed by atoms with Gasteiger partial charge in [-0.15, -0.1) is 0 Å². The highest BCUT2D eigenvalue weighted by atomic mass is 19.4. The van der Waals surface area contributed by atoms with Crippen molar-refractivity contribution in [1.29, 1.82) is 0 Å². The fourth-order valence-corrected chi connectivity index (χ4v) is 1.27. The number of hydrogen-bond donors (Lipinski definition) is 0. The van der Waals surface area contributed by atoms with Gasteiger partial charge in [0.15, 0.2) is 0 Å². The lowest BCUT2D eigenvalue weighted by Crippen LogP contribution is -2.50. The molecule has 0 aromatic rings. The van der Waals surface area contributed by atoms with Crippen LogP contribution in [-0.2, 0) is 9.59 Å². The molecule has 1 atom stereocenters. The van der Waals surface area contributed by atoms with Crippen molar-refractivity contribution >= 4 is 12.2 Å². The summed E-state index contributed by atoms with van der Waals surface area (Å²) in [7, 11) is 0. The molecule has 0 radical (unpaired) electrons. The summed E-state index contributed by atoms with van der Waals surface area (Å²) in [6.07, 6.45) is -4.95. The van der Waals surface area contributed by atoms with Crippen LogP contribution in [0.3, 0.4) is 0 Å². The van der Waals surface area contributed by atoms with E-state index < -0.39 is 24.4 Å². The Balaban J connectivity index is 2.76. The largest absolute Gasteiger partial charge is 0.409 e. The number of carbonyl (C=O) groups is 2. The van der Waals surface area contributed by atoms with Crippen LogP contribution in [0, 0.1) is 0 Å². The molecule has 13 heavy (non-hydrogen) atoms. The summed E-state index contributed by atoms with van der Waals surface area (Å²) in [5.41, 5.74) is 0.